The molecule has 3 aromatic heterocycles. The molecule has 0 spiro atoms. The van der Waals surface area contributed by atoms with Crippen molar-refractivity contribution in [3.05, 3.63) is 82.7 Å². The third kappa shape index (κ3) is 3.56. The summed E-state index contributed by atoms with van der Waals surface area (Å²) in [6, 6.07) is 6.11. The summed E-state index contributed by atoms with van der Waals surface area (Å²) in [5.74, 6) is -2.01. The summed E-state index contributed by atoms with van der Waals surface area (Å²) in [5.41, 5.74) is 0.194. The van der Waals surface area contributed by atoms with Crippen LogP contribution in [0.3, 0.4) is 0 Å². The Morgan fingerprint density at radius 3 is 2.64 bits per heavy atom. The van der Waals surface area contributed by atoms with E-state index in [0.29, 0.717) is 29.5 Å². The summed E-state index contributed by atoms with van der Waals surface area (Å²) >= 11 is 0. The number of nitrogens with zero attached hydrogens (tertiary/aromatic N) is 5. The summed E-state index contributed by atoms with van der Waals surface area (Å²) in [6.45, 7) is 1.83. The molecule has 2 aromatic carbocycles. The molecule has 0 aliphatic rings. The summed E-state index contributed by atoms with van der Waals surface area (Å²) in [4.78, 5) is 33.3. The standard InChI is InChI=1S/C22H16F3N7O/c1-2-15(30-20-18-19(27-9-26-18)28-10-29-20)21-31-16-5-3-4-14(25)17(16)22(33)32(21)13-7-11(23)6-12(24)8-13/h3-10,15H,2H2,1H3,(H2,26,27,28,29,30)/t15-/m0/s1. The van der Waals surface area contributed by atoms with Crippen molar-refractivity contribution in [2.75, 3.05) is 5.32 Å². The molecular formula is C22H16F3N7O. The summed E-state index contributed by atoms with van der Waals surface area (Å²) < 4.78 is 43.7. The minimum Gasteiger partial charge on any atom is -0.358 e. The van der Waals surface area contributed by atoms with Gasteiger partial charge in [-0.3, -0.25) is 9.36 Å². The molecule has 0 aliphatic carbocycles. The Bertz CT molecular complexity index is 1540. The van der Waals surface area contributed by atoms with E-state index in [4.69, 9.17) is 0 Å². The number of hydrogen-bond donors (Lipinski definition) is 2. The maximum Gasteiger partial charge on any atom is 0.269 e. The van der Waals surface area contributed by atoms with E-state index in [1.54, 1.807) is 0 Å². The minimum atomic E-state index is -0.882. The molecule has 3 heterocycles. The Morgan fingerprint density at radius 2 is 1.88 bits per heavy atom. The van der Waals surface area contributed by atoms with Crippen LogP contribution >= 0.6 is 0 Å². The van der Waals surface area contributed by atoms with Crippen LogP contribution in [0.2, 0.25) is 0 Å². The number of anilines is 1. The molecule has 8 nitrogen and oxygen atoms in total. The molecule has 5 rings (SSSR count). The van der Waals surface area contributed by atoms with Gasteiger partial charge in [-0.1, -0.05) is 13.0 Å². The van der Waals surface area contributed by atoms with Gasteiger partial charge >= 0.3 is 0 Å². The minimum absolute atomic E-state index is 0.111. The Morgan fingerprint density at radius 1 is 1.09 bits per heavy atom. The van der Waals surface area contributed by atoms with Gasteiger partial charge < -0.3 is 10.3 Å². The largest absolute Gasteiger partial charge is 0.358 e. The highest BCUT2D eigenvalue weighted by atomic mass is 19.1. The molecule has 0 unspecified atom stereocenters. The van der Waals surface area contributed by atoms with Gasteiger partial charge in [-0.15, -0.1) is 0 Å². The number of nitrogens with one attached hydrogen (secondary N) is 2. The van der Waals surface area contributed by atoms with Gasteiger partial charge in [0, 0.05) is 6.07 Å². The van der Waals surface area contributed by atoms with E-state index >= 15 is 0 Å². The van der Waals surface area contributed by atoms with Crippen molar-refractivity contribution in [2.45, 2.75) is 19.4 Å². The fourth-order valence-electron chi connectivity index (χ4n) is 3.75. The Kier molecular flexibility index (Phi) is 5.00. The second kappa shape index (κ2) is 8.01. The van der Waals surface area contributed by atoms with Crippen molar-refractivity contribution in [1.82, 2.24) is 29.5 Å². The number of imidazole rings is 1. The normalized spacial score (nSPS) is 12.4. The van der Waals surface area contributed by atoms with Crippen molar-refractivity contribution in [1.29, 1.82) is 0 Å². The number of aromatic amines is 1. The summed E-state index contributed by atoms with van der Waals surface area (Å²) in [7, 11) is 0. The van der Waals surface area contributed by atoms with Crippen LogP contribution in [0.25, 0.3) is 27.8 Å². The van der Waals surface area contributed by atoms with Gasteiger partial charge in [0.25, 0.3) is 5.56 Å². The van der Waals surface area contributed by atoms with E-state index in [1.165, 1.54) is 24.8 Å². The lowest BCUT2D eigenvalue weighted by atomic mass is 10.1. The average molecular weight is 451 g/mol. The Labute approximate surface area is 184 Å². The quantitative estimate of drug-likeness (QED) is 0.418. The SMILES string of the molecule is CC[C@H](Nc1ncnc2nc[nH]c12)c1nc2cccc(F)c2c(=O)n1-c1cc(F)cc(F)c1. The van der Waals surface area contributed by atoms with Crippen molar-refractivity contribution in [3.8, 4) is 5.69 Å². The van der Waals surface area contributed by atoms with Crippen molar-refractivity contribution < 1.29 is 13.2 Å². The van der Waals surface area contributed by atoms with Crippen LogP contribution < -0.4 is 10.9 Å². The highest BCUT2D eigenvalue weighted by molar-refractivity contribution is 5.82. The maximum atomic E-state index is 14.6. The van der Waals surface area contributed by atoms with Gasteiger partial charge in [0.05, 0.1) is 23.6 Å². The summed E-state index contributed by atoms with van der Waals surface area (Å²) in [6.07, 6.45) is 3.20. The number of benzene rings is 2. The zero-order chi connectivity index (χ0) is 23.1. The monoisotopic (exact) mass is 451 g/mol. The number of aromatic nitrogens is 6. The predicted octanol–water partition coefficient (Wildman–Crippen LogP) is 4.03. The number of halogens is 3. The molecule has 1 atom stereocenters. The van der Waals surface area contributed by atoms with Gasteiger partial charge in [-0.2, -0.15) is 0 Å². The molecule has 0 saturated heterocycles. The van der Waals surface area contributed by atoms with Crippen LogP contribution in [0, 0.1) is 17.5 Å². The topological polar surface area (TPSA) is 101 Å². The van der Waals surface area contributed by atoms with E-state index < -0.39 is 29.1 Å². The molecule has 0 bridgehead atoms. The van der Waals surface area contributed by atoms with Gasteiger partial charge in [0.15, 0.2) is 11.5 Å². The lowest BCUT2D eigenvalue weighted by Crippen LogP contribution is -2.29. The molecule has 0 amide bonds. The maximum absolute atomic E-state index is 14.6. The highest BCUT2D eigenvalue weighted by Crippen LogP contribution is 2.27. The molecule has 0 saturated carbocycles. The number of H-pyrrole nitrogens is 1. The van der Waals surface area contributed by atoms with Crippen LogP contribution in [0.1, 0.15) is 25.2 Å². The van der Waals surface area contributed by atoms with E-state index in [2.05, 4.69) is 30.2 Å². The van der Waals surface area contributed by atoms with E-state index in [0.717, 1.165) is 22.8 Å². The third-order valence-electron chi connectivity index (χ3n) is 5.23. The molecule has 2 N–H and O–H groups in total. The molecule has 33 heavy (non-hydrogen) atoms. The zero-order valence-electron chi connectivity index (χ0n) is 17.2. The predicted molar refractivity (Wildman–Crippen MR) is 116 cm³/mol. The van der Waals surface area contributed by atoms with Crippen LogP contribution in [0.15, 0.2) is 53.8 Å². The fourth-order valence-corrected chi connectivity index (χ4v) is 3.75. The van der Waals surface area contributed by atoms with Gasteiger partial charge in [0.1, 0.15) is 40.5 Å². The number of hydrogen-bond acceptors (Lipinski definition) is 6. The van der Waals surface area contributed by atoms with Crippen LogP contribution in [0.5, 0.6) is 0 Å². The molecule has 0 aliphatic heterocycles. The highest BCUT2D eigenvalue weighted by Gasteiger charge is 2.23. The van der Waals surface area contributed by atoms with Crippen LogP contribution in [0.4, 0.5) is 19.0 Å². The van der Waals surface area contributed by atoms with E-state index in [-0.39, 0.29) is 22.4 Å². The first-order valence-electron chi connectivity index (χ1n) is 10.0. The molecule has 0 radical (unpaired) electrons. The Hall–Kier alpha value is -4.28. The second-order valence-corrected chi connectivity index (χ2v) is 7.30. The first-order chi connectivity index (χ1) is 16.0. The third-order valence-corrected chi connectivity index (χ3v) is 5.23. The van der Waals surface area contributed by atoms with E-state index in [9.17, 15) is 18.0 Å². The second-order valence-electron chi connectivity index (χ2n) is 7.30. The smallest absolute Gasteiger partial charge is 0.269 e. The molecule has 166 valence electrons. The van der Waals surface area contributed by atoms with Gasteiger partial charge in [-0.25, -0.2) is 33.1 Å². The lowest BCUT2D eigenvalue weighted by Gasteiger charge is -2.22. The van der Waals surface area contributed by atoms with Crippen LogP contribution in [-0.4, -0.2) is 29.5 Å². The first-order valence-corrected chi connectivity index (χ1v) is 10.0. The molecule has 0 fully saturated rings. The van der Waals surface area contributed by atoms with Crippen molar-refractivity contribution >= 4 is 27.9 Å². The number of rotatable bonds is 5. The van der Waals surface area contributed by atoms with Crippen molar-refractivity contribution in [2.24, 2.45) is 0 Å². The molecule has 11 heteroatoms. The lowest BCUT2D eigenvalue weighted by molar-refractivity contribution is 0.578. The number of fused-ring (bicyclic) bond motifs is 2. The summed E-state index contributed by atoms with van der Waals surface area (Å²) in [5, 5.41) is 2.92. The zero-order valence-corrected chi connectivity index (χ0v) is 17.2. The first kappa shape index (κ1) is 20.6. The Balaban J connectivity index is 1.76. The van der Waals surface area contributed by atoms with Crippen LogP contribution in [-0.2, 0) is 0 Å². The molecular weight excluding hydrogens is 435 g/mol. The van der Waals surface area contributed by atoms with Gasteiger partial charge in [0.2, 0.25) is 0 Å². The average Bonchev–Trinajstić information content (AvgIpc) is 3.26. The van der Waals surface area contributed by atoms with Crippen molar-refractivity contribution in [3.63, 3.8) is 0 Å². The van der Waals surface area contributed by atoms with E-state index in [1.807, 2.05) is 6.92 Å². The molecule has 5 aromatic rings. The van der Waals surface area contributed by atoms with Gasteiger partial charge in [-0.05, 0) is 30.7 Å². The fraction of sp³-hybridized carbons (Fsp3) is 0.136.